The first-order chi connectivity index (χ1) is 13.4. The predicted molar refractivity (Wildman–Crippen MR) is 109 cm³/mol. The Morgan fingerprint density at radius 2 is 1.93 bits per heavy atom. The smallest absolute Gasteiger partial charge is 0.275 e. The molecular formula is C21H21N5O2. The van der Waals surface area contributed by atoms with Crippen LogP contribution in [0.2, 0.25) is 0 Å². The maximum Gasteiger partial charge on any atom is 0.275 e. The van der Waals surface area contributed by atoms with Gasteiger partial charge in [0.05, 0.1) is 11.8 Å². The van der Waals surface area contributed by atoms with Gasteiger partial charge in [-0.05, 0) is 56.3 Å². The van der Waals surface area contributed by atoms with Crippen molar-refractivity contribution in [2.24, 2.45) is 0 Å². The van der Waals surface area contributed by atoms with Crippen molar-refractivity contribution >= 4 is 23.1 Å². The average Bonchev–Trinajstić information content (AvgIpc) is 2.69. The van der Waals surface area contributed by atoms with Crippen LogP contribution in [-0.4, -0.2) is 27.7 Å². The Bertz CT molecular complexity index is 1000. The summed E-state index contributed by atoms with van der Waals surface area (Å²) in [5.74, 6) is 0.594. The van der Waals surface area contributed by atoms with Gasteiger partial charge < -0.3 is 15.8 Å². The fraction of sp³-hybridized carbons (Fsp3) is 0.143. The minimum Gasteiger partial charge on any atom is -0.491 e. The van der Waals surface area contributed by atoms with E-state index in [9.17, 15) is 4.79 Å². The second-order valence-electron chi connectivity index (χ2n) is 6.39. The van der Waals surface area contributed by atoms with Gasteiger partial charge in [-0.3, -0.25) is 15.2 Å². The summed E-state index contributed by atoms with van der Waals surface area (Å²) >= 11 is 0. The number of hydrogen-bond donors (Lipinski definition) is 3. The van der Waals surface area contributed by atoms with Crippen LogP contribution in [0, 0.1) is 5.41 Å². The molecule has 7 nitrogen and oxygen atoms in total. The van der Waals surface area contributed by atoms with E-state index in [0.717, 1.165) is 0 Å². The number of ether oxygens (including phenoxy) is 1. The van der Waals surface area contributed by atoms with E-state index in [4.69, 9.17) is 15.9 Å². The van der Waals surface area contributed by atoms with Crippen LogP contribution < -0.4 is 15.8 Å². The van der Waals surface area contributed by atoms with Crippen LogP contribution in [0.3, 0.4) is 0 Å². The van der Waals surface area contributed by atoms with Crippen LogP contribution in [0.4, 0.5) is 11.5 Å². The highest BCUT2D eigenvalue weighted by molar-refractivity contribution is 6.14. The first-order valence-corrected chi connectivity index (χ1v) is 8.78. The van der Waals surface area contributed by atoms with E-state index in [-0.39, 0.29) is 23.4 Å². The number of benzene rings is 1. The molecule has 7 heteroatoms. The number of nitrogen functional groups attached to an aromatic ring is 1. The van der Waals surface area contributed by atoms with Gasteiger partial charge >= 0.3 is 0 Å². The Morgan fingerprint density at radius 3 is 2.64 bits per heavy atom. The third-order valence-electron chi connectivity index (χ3n) is 3.85. The zero-order valence-corrected chi connectivity index (χ0v) is 15.6. The molecule has 0 aliphatic rings. The van der Waals surface area contributed by atoms with Crippen molar-refractivity contribution in [1.29, 1.82) is 5.41 Å². The topological polar surface area (TPSA) is 114 Å². The molecule has 0 aliphatic carbocycles. The molecule has 142 valence electrons. The molecule has 2 aromatic heterocycles. The molecule has 0 spiro atoms. The van der Waals surface area contributed by atoms with Gasteiger partial charge in [0.15, 0.2) is 0 Å². The number of anilines is 2. The summed E-state index contributed by atoms with van der Waals surface area (Å²) in [6, 6.07) is 13.6. The number of carbonyl (C=O) groups excluding carboxylic acids is 1. The molecule has 1 aromatic carbocycles. The van der Waals surface area contributed by atoms with E-state index < -0.39 is 0 Å². The van der Waals surface area contributed by atoms with E-state index >= 15 is 0 Å². The largest absolute Gasteiger partial charge is 0.491 e. The maximum absolute atomic E-state index is 12.3. The van der Waals surface area contributed by atoms with Crippen molar-refractivity contribution in [1.82, 2.24) is 9.97 Å². The lowest BCUT2D eigenvalue weighted by Crippen LogP contribution is -2.15. The maximum atomic E-state index is 12.3. The second kappa shape index (κ2) is 8.30. The molecule has 3 aromatic rings. The summed E-state index contributed by atoms with van der Waals surface area (Å²) in [6.45, 7) is 3.86. The molecule has 0 bridgehead atoms. The fourth-order valence-corrected chi connectivity index (χ4v) is 2.58. The number of carbonyl (C=O) groups is 1. The number of pyridine rings is 2. The van der Waals surface area contributed by atoms with Gasteiger partial charge in [-0.15, -0.1) is 0 Å². The van der Waals surface area contributed by atoms with E-state index in [2.05, 4.69) is 15.3 Å². The lowest BCUT2D eigenvalue weighted by atomic mass is 10.0. The Balaban J connectivity index is 1.84. The van der Waals surface area contributed by atoms with Crippen LogP contribution in [0.15, 0.2) is 60.9 Å². The van der Waals surface area contributed by atoms with Gasteiger partial charge in [0.2, 0.25) is 0 Å². The number of aromatic nitrogens is 2. The van der Waals surface area contributed by atoms with E-state index in [1.807, 2.05) is 13.8 Å². The first-order valence-electron chi connectivity index (χ1n) is 8.78. The average molecular weight is 375 g/mol. The highest BCUT2D eigenvalue weighted by Gasteiger charge is 2.13. The molecule has 28 heavy (non-hydrogen) atoms. The number of nitrogens with one attached hydrogen (secondary N) is 2. The highest BCUT2D eigenvalue weighted by Crippen LogP contribution is 2.24. The number of nitrogens with zero attached hydrogens (tertiary/aromatic N) is 2. The molecule has 4 N–H and O–H groups in total. The monoisotopic (exact) mass is 375 g/mol. The van der Waals surface area contributed by atoms with Gasteiger partial charge in [0, 0.05) is 29.2 Å². The molecule has 3 rings (SSSR count). The van der Waals surface area contributed by atoms with E-state index in [1.165, 1.54) is 6.20 Å². The molecule has 0 saturated heterocycles. The summed E-state index contributed by atoms with van der Waals surface area (Å²) in [5.41, 5.74) is 8.14. The van der Waals surface area contributed by atoms with Gasteiger partial charge in [0.1, 0.15) is 17.3 Å². The number of rotatable bonds is 6. The van der Waals surface area contributed by atoms with Crippen molar-refractivity contribution in [2.75, 3.05) is 11.1 Å². The third-order valence-corrected chi connectivity index (χ3v) is 3.85. The summed E-state index contributed by atoms with van der Waals surface area (Å²) < 4.78 is 5.69. The van der Waals surface area contributed by atoms with Gasteiger partial charge in [-0.2, -0.15) is 0 Å². The molecule has 0 aliphatic heterocycles. The SMILES string of the molecule is CC(C)Oc1ccc(N)c(C(=N)c2ccnc(NC(=O)c3ccccn3)c2)c1. The summed E-state index contributed by atoms with van der Waals surface area (Å²) in [7, 11) is 0. The van der Waals surface area contributed by atoms with Crippen molar-refractivity contribution < 1.29 is 9.53 Å². The Kier molecular flexibility index (Phi) is 5.64. The minimum absolute atomic E-state index is 0.0139. The third kappa shape index (κ3) is 4.50. The molecular weight excluding hydrogens is 354 g/mol. The quantitative estimate of drug-likeness (QED) is 0.450. The number of nitrogens with two attached hydrogens (primary N) is 1. The summed E-state index contributed by atoms with van der Waals surface area (Å²) in [6.07, 6.45) is 3.09. The zero-order chi connectivity index (χ0) is 20.1. The number of amides is 1. The molecule has 0 atom stereocenters. The van der Waals surface area contributed by atoms with Crippen LogP contribution in [0.5, 0.6) is 5.75 Å². The van der Waals surface area contributed by atoms with Crippen LogP contribution in [0.25, 0.3) is 0 Å². The Labute approximate surface area is 163 Å². The Hall–Kier alpha value is -3.74. The van der Waals surface area contributed by atoms with Crippen molar-refractivity contribution in [3.63, 3.8) is 0 Å². The first kappa shape index (κ1) is 19.0. The predicted octanol–water partition coefficient (Wildman–Crippen LogP) is 3.51. The number of hydrogen-bond acceptors (Lipinski definition) is 6. The van der Waals surface area contributed by atoms with E-state index in [0.29, 0.717) is 28.4 Å². The van der Waals surface area contributed by atoms with Crippen molar-refractivity contribution in [2.45, 2.75) is 20.0 Å². The summed E-state index contributed by atoms with van der Waals surface area (Å²) in [4.78, 5) is 20.4. The van der Waals surface area contributed by atoms with Crippen LogP contribution in [0.1, 0.15) is 35.5 Å². The zero-order valence-electron chi connectivity index (χ0n) is 15.6. The van der Waals surface area contributed by atoms with E-state index in [1.54, 1.807) is 54.7 Å². The van der Waals surface area contributed by atoms with Gasteiger partial charge in [-0.1, -0.05) is 6.07 Å². The molecule has 0 saturated carbocycles. The molecule has 0 fully saturated rings. The lowest BCUT2D eigenvalue weighted by molar-refractivity contribution is 0.102. The molecule has 0 unspecified atom stereocenters. The standard InChI is InChI=1S/C21H21N5O2/c1-13(2)28-15-6-7-17(22)16(12-15)20(23)14-8-10-25-19(11-14)26-21(27)18-5-3-4-9-24-18/h3-13,23H,22H2,1-2H3,(H,25,26,27). The lowest BCUT2D eigenvalue weighted by Gasteiger charge is -2.14. The van der Waals surface area contributed by atoms with Crippen molar-refractivity contribution in [3.05, 3.63) is 77.7 Å². The van der Waals surface area contributed by atoms with Crippen LogP contribution in [-0.2, 0) is 0 Å². The van der Waals surface area contributed by atoms with Gasteiger partial charge in [-0.25, -0.2) is 4.98 Å². The Morgan fingerprint density at radius 1 is 1.11 bits per heavy atom. The molecule has 2 heterocycles. The van der Waals surface area contributed by atoms with Crippen molar-refractivity contribution in [3.8, 4) is 5.75 Å². The normalized spacial score (nSPS) is 10.5. The molecule has 1 amide bonds. The summed E-state index contributed by atoms with van der Waals surface area (Å²) in [5, 5.41) is 11.2. The van der Waals surface area contributed by atoms with Crippen LogP contribution >= 0.6 is 0 Å². The second-order valence-corrected chi connectivity index (χ2v) is 6.39. The highest BCUT2D eigenvalue weighted by atomic mass is 16.5. The fourth-order valence-electron chi connectivity index (χ4n) is 2.58. The molecule has 0 radical (unpaired) electrons. The minimum atomic E-state index is -0.372. The van der Waals surface area contributed by atoms with Gasteiger partial charge in [0.25, 0.3) is 5.91 Å².